The molecule has 19 heavy (non-hydrogen) atoms. The fourth-order valence-electron chi connectivity index (χ4n) is 3.14. The molecule has 0 radical (unpaired) electrons. The summed E-state index contributed by atoms with van der Waals surface area (Å²) in [5.41, 5.74) is -0.430. The van der Waals surface area contributed by atoms with Crippen LogP contribution in [0.15, 0.2) is 0 Å². The minimum atomic E-state index is -0.430. The van der Waals surface area contributed by atoms with E-state index >= 15 is 0 Å². The van der Waals surface area contributed by atoms with Crippen LogP contribution in [-0.2, 0) is 9.47 Å². The lowest BCUT2D eigenvalue weighted by Gasteiger charge is -2.38. The summed E-state index contributed by atoms with van der Waals surface area (Å²) in [5.74, 6) is 2.20. The summed E-state index contributed by atoms with van der Waals surface area (Å²) in [5, 5.41) is 3.39. The largest absolute Gasteiger partial charge is 0.444 e. The maximum Gasteiger partial charge on any atom is 0.410 e. The van der Waals surface area contributed by atoms with Crippen molar-refractivity contribution < 1.29 is 14.3 Å². The molecule has 1 saturated carbocycles. The molecule has 0 spiro atoms. The molecule has 5 nitrogen and oxygen atoms in total. The van der Waals surface area contributed by atoms with E-state index in [2.05, 4.69) is 5.32 Å². The van der Waals surface area contributed by atoms with Crippen molar-refractivity contribution in [3.05, 3.63) is 0 Å². The summed E-state index contributed by atoms with van der Waals surface area (Å²) in [6.07, 6.45) is -0.182. The first-order valence-corrected chi connectivity index (χ1v) is 7.24. The number of carbonyl (C=O) groups is 1. The monoisotopic (exact) mass is 268 g/mol. The summed E-state index contributed by atoms with van der Waals surface area (Å²) in [6, 6.07) is 0.212. The molecule has 3 rings (SSSR count). The average Bonchev–Trinajstić information content (AvgIpc) is 2.68. The van der Waals surface area contributed by atoms with E-state index in [1.54, 1.807) is 0 Å². The summed E-state index contributed by atoms with van der Waals surface area (Å²) in [4.78, 5) is 14.2. The third kappa shape index (κ3) is 2.72. The predicted octanol–water partition coefficient (Wildman–Crippen LogP) is 1.09. The van der Waals surface area contributed by atoms with Crippen molar-refractivity contribution in [2.75, 3.05) is 32.8 Å². The molecule has 2 unspecified atom stereocenters. The van der Waals surface area contributed by atoms with Gasteiger partial charge in [0, 0.05) is 6.54 Å². The van der Waals surface area contributed by atoms with Crippen LogP contribution in [0.25, 0.3) is 0 Å². The number of carbonyl (C=O) groups excluding carboxylic acids is 1. The van der Waals surface area contributed by atoms with Crippen LogP contribution in [0, 0.1) is 17.8 Å². The second-order valence-corrected chi connectivity index (χ2v) is 6.97. The molecule has 1 aliphatic carbocycles. The molecule has 0 aromatic rings. The van der Waals surface area contributed by atoms with Crippen LogP contribution in [0.2, 0.25) is 0 Å². The molecule has 2 atom stereocenters. The molecule has 3 fully saturated rings. The van der Waals surface area contributed by atoms with Gasteiger partial charge in [0.1, 0.15) is 5.60 Å². The van der Waals surface area contributed by atoms with Crippen LogP contribution in [-0.4, -0.2) is 55.5 Å². The molecule has 0 aromatic heterocycles. The highest BCUT2D eigenvalue weighted by Gasteiger charge is 2.54. The first-order chi connectivity index (χ1) is 8.96. The number of ether oxygens (including phenoxy) is 2. The van der Waals surface area contributed by atoms with Gasteiger partial charge in [-0.2, -0.15) is 0 Å². The SMILES string of the molecule is CC(C)(C)OC(=O)N(CC1C2CNCC21)C1COC1. The average molecular weight is 268 g/mol. The Morgan fingerprint density at radius 2 is 1.95 bits per heavy atom. The van der Waals surface area contributed by atoms with Crippen LogP contribution in [0.3, 0.4) is 0 Å². The lowest BCUT2D eigenvalue weighted by Crippen LogP contribution is -2.54. The number of amides is 1. The zero-order chi connectivity index (χ0) is 13.6. The summed E-state index contributed by atoms with van der Waals surface area (Å²) in [6.45, 7) is 10.1. The number of nitrogens with one attached hydrogen (secondary N) is 1. The van der Waals surface area contributed by atoms with Gasteiger partial charge in [-0.3, -0.25) is 0 Å². The Balaban J connectivity index is 1.59. The normalized spacial score (nSPS) is 33.5. The first kappa shape index (κ1) is 13.2. The number of rotatable bonds is 3. The molecule has 2 saturated heterocycles. The van der Waals surface area contributed by atoms with E-state index in [1.807, 2.05) is 25.7 Å². The molecule has 0 aromatic carbocycles. The van der Waals surface area contributed by atoms with Crippen molar-refractivity contribution in [3.63, 3.8) is 0 Å². The Morgan fingerprint density at radius 3 is 2.42 bits per heavy atom. The highest BCUT2D eigenvalue weighted by atomic mass is 16.6. The quantitative estimate of drug-likeness (QED) is 0.832. The minimum Gasteiger partial charge on any atom is -0.444 e. The van der Waals surface area contributed by atoms with Crippen molar-refractivity contribution in [2.45, 2.75) is 32.4 Å². The van der Waals surface area contributed by atoms with E-state index in [-0.39, 0.29) is 12.1 Å². The molecule has 0 bridgehead atoms. The fourth-order valence-corrected chi connectivity index (χ4v) is 3.14. The van der Waals surface area contributed by atoms with Gasteiger partial charge in [-0.25, -0.2) is 4.79 Å². The Hall–Kier alpha value is -0.810. The van der Waals surface area contributed by atoms with E-state index in [4.69, 9.17) is 9.47 Å². The second kappa shape index (κ2) is 4.63. The Bertz CT molecular complexity index is 352. The maximum atomic E-state index is 12.3. The maximum absolute atomic E-state index is 12.3. The van der Waals surface area contributed by atoms with Gasteiger partial charge in [0.2, 0.25) is 0 Å². The van der Waals surface area contributed by atoms with E-state index < -0.39 is 5.60 Å². The van der Waals surface area contributed by atoms with Crippen molar-refractivity contribution in [3.8, 4) is 0 Å². The summed E-state index contributed by atoms with van der Waals surface area (Å²) in [7, 11) is 0. The number of hydrogen-bond acceptors (Lipinski definition) is 4. The highest BCUT2D eigenvalue weighted by Crippen LogP contribution is 2.49. The number of nitrogens with zero attached hydrogens (tertiary/aromatic N) is 1. The van der Waals surface area contributed by atoms with Gasteiger partial charge < -0.3 is 19.7 Å². The molecule has 5 heteroatoms. The zero-order valence-corrected chi connectivity index (χ0v) is 12.0. The number of piperidine rings is 1. The highest BCUT2D eigenvalue weighted by molar-refractivity contribution is 5.68. The first-order valence-electron chi connectivity index (χ1n) is 7.24. The molecular weight excluding hydrogens is 244 g/mol. The van der Waals surface area contributed by atoms with E-state index in [0.29, 0.717) is 19.1 Å². The molecular formula is C14H24N2O3. The summed E-state index contributed by atoms with van der Waals surface area (Å²) < 4.78 is 10.8. The molecule has 1 amide bonds. The number of fused-ring (bicyclic) bond motifs is 1. The molecule has 3 aliphatic rings. The van der Waals surface area contributed by atoms with Crippen molar-refractivity contribution in [1.29, 1.82) is 0 Å². The second-order valence-electron chi connectivity index (χ2n) is 6.97. The van der Waals surface area contributed by atoms with Crippen LogP contribution in [0.5, 0.6) is 0 Å². The van der Waals surface area contributed by atoms with E-state index in [9.17, 15) is 4.79 Å². The Kier molecular flexibility index (Phi) is 3.21. The Morgan fingerprint density at radius 1 is 1.32 bits per heavy atom. The van der Waals surface area contributed by atoms with Crippen molar-refractivity contribution >= 4 is 6.09 Å². The van der Waals surface area contributed by atoms with Crippen LogP contribution < -0.4 is 5.32 Å². The molecule has 108 valence electrons. The third-order valence-corrected chi connectivity index (χ3v) is 4.37. The van der Waals surface area contributed by atoms with Gasteiger partial charge in [-0.15, -0.1) is 0 Å². The zero-order valence-electron chi connectivity index (χ0n) is 12.0. The number of hydrogen-bond donors (Lipinski definition) is 1. The topological polar surface area (TPSA) is 50.8 Å². The minimum absolute atomic E-state index is 0.182. The third-order valence-electron chi connectivity index (χ3n) is 4.37. The molecule has 1 N–H and O–H groups in total. The van der Waals surface area contributed by atoms with Crippen LogP contribution in [0.1, 0.15) is 20.8 Å². The Labute approximate surface area is 114 Å². The van der Waals surface area contributed by atoms with Crippen LogP contribution >= 0.6 is 0 Å². The molecule has 2 aliphatic heterocycles. The van der Waals surface area contributed by atoms with Gasteiger partial charge in [0.05, 0.1) is 19.3 Å². The van der Waals surface area contributed by atoms with E-state index in [0.717, 1.165) is 31.5 Å². The molecule has 2 heterocycles. The standard InChI is InChI=1S/C14H24N2O3/c1-14(2,3)19-13(17)16(9-7-18-8-9)6-12-10-4-15-5-11(10)12/h9-12,15H,4-8H2,1-3H3. The van der Waals surface area contributed by atoms with Crippen LogP contribution in [0.4, 0.5) is 4.79 Å². The van der Waals surface area contributed by atoms with Crippen molar-refractivity contribution in [2.24, 2.45) is 17.8 Å². The van der Waals surface area contributed by atoms with Gasteiger partial charge >= 0.3 is 6.09 Å². The fraction of sp³-hybridized carbons (Fsp3) is 0.929. The predicted molar refractivity (Wildman–Crippen MR) is 70.9 cm³/mol. The van der Waals surface area contributed by atoms with Gasteiger partial charge in [-0.1, -0.05) is 0 Å². The van der Waals surface area contributed by atoms with Gasteiger partial charge in [0.15, 0.2) is 0 Å². The lowest BCUT2D eigenvalue weighted by molar-refractivity contribution is -0.0722. The van der Waals surface area contributed by atoms with E-state index in [1.165, 1.54) is 0 Å². The lowest BCUT2D eigenvalue weighted by atomic mass is 10.1. The van der Waals surface area contributed by atoms with Gasteiger partial charge in [-0.05, 0) is 51.6 Å². The smallest absolute Gasteiger partial charge is 0.410 e. The van der Waals surface area contributed by atoms with Gasteiger partial charge in [0.25, 0.3) is 0 Å². The summed E-state index contributed by atoms with van der Waals surface area (Å²) >= 11 is 0. The van der Waals surface area contributed by atoms with Crippen molar-refractivity contribution in [1.82, 2.24) is 10.2 Å².